The Morgan fingerprint density at radius 2 is 1.64 bits per heavy atom. The molecule has 114 valence electrons. The average molecular weight is 309 g/mol. The number of thiocarbonyl (C=S) groups is 1. The van der Waals surface area contributed by atoms with Crippen LogP contribution in [0.15, 0.2) is 54.6 Å². The first kappa shape index (κ1) is 15.2. The van der Waals surface area contributed by atoms with Gasteiger partial charge in [0.1, 0.15) is 4.99 Å². The second-order valence-electron chi connectivity index (χ2n) is 6.29. The van der Waals surface area contributed by atoms with E-state index in [0.717, 1.165) is 24.0 Å². The van der Waals surface area contributed by atoms with Gasteiger partial charge in [0.25, 0.3) is 0 Å². The van der Waals surface area contributed by atoms with Crippen molar-refractivity contribution in [2.45, 2.75) is 26.2 Å². The molecule has 1 heterocycles. The summed E-state index contributed by atoms with van der Waals surface area (Å²) in [5, 5.41) is 0. The molecule has 0 aromatic heterocycles. The topological polar surface area (TPSA) is 3.24 Å². The maximum absolute atomic E-state index is 5.68. The molecule has 0 aliphatic carbocycles. The third kappa shape index (κ3) is 3.75. The Labute approximate surface area is 139 Å². The lowest BCUT2D eigenvalue weighted by Gasteiger charge is -2.34. The maximum atomic E-state index is 5.68. The fourth-order valence-corrected chi connectivity index (χ4v) is 3.48. The minimum absolute atomic E-state index is 0.791. The van der Waals surface area contributed by atoms with E-state index < -0.39 is 0 Å². The molecule has 2 aromatic rings. The number of likely N-dealkylation sites (tertiary alicyclic amines) is 1. The molecule has 0 unspecified atom stereocenters. The van der Waals surface area contributed by atoms with Crippen molar-refractivity contribution >= 4 is 17.2 Å². The normalized spacial score (nSPS) is 15.8. The molecule has 1 saturated heterocycles. The number of aryl methyl sites for hydroxylation is 1. The van der Waals surface area contributed by atoms with Crippen molar-refractivity contribution in [3.05, 3.63) is 71.3 Å². The lowest BCUT2D eigenvalue weighted by atomic mass is 9.90. The van der Waals surface area contributed by atoms with Crippen LogP contribution in [0.1, 0.15) is 29.5 Å². The SMILES string of the molecule is Cc1ccc(C(=S)N2CCC(Cc3ccccc3)CC2)cc1. The molecule has 3 rings (SSSR count). The third-order valence-corrected chi connectivity index (χ3v) is 5.06. The minimum Gasteiger partial charge on any atom is -0.362 e. The summed E-state index contributed by atoms with van der Waals surface area (Å²) in [7, 11) is 0. The summed E-state index contributed by atoms with van der Waals surface area (Å²) in [6.45, 7) is 4.29. The van der Waals surface area contributed by atoms with Gasteiger partial charge in [0.2, 0.25) is 0 Å². The minimum atomic E-state index is 0.791. The summed E-state index contributed by atoms with van der Waals surface area (Å²) in [5.41, 5.74) is 3.93. The highest BCUT2D eigenvalue weighted by Gasteiger charge is 2.21. The van der Waals surface area contributed by atoms with Gasteiger partial charge >= 0.3 is 0 Å². The van der Waals surface area contributed by atoms with E-state index in [1.54, 1.807) is 0 Å². The zero-order chi connectivity index (χ0) is 15.4. The fraction of sp³-hybridized carbons (Fsp3) is 0.350. The Balaban J connectivity index is 1.55. The largest absolute Gasteiger partial charge is 0.362 e. The summed E-state index contributed by atoms with van der Waals surface area (Å²) in [5.74, 6) is 0.791. The standard InChI is InChI=1S/C20H23NS/c1-16-7-9-19(10-8-16)20(22)21-13-11-18(12-14-21)15-17-5-3-2-4-6-17/h2-10,18H,11-15H2,1H3. The Hall–Kier alpha value is -1.67. The van der Waals surface area contributed by atoms with E-state index in [9.17, 15) is 0 Å². The summed E-state index contributed by atoms with van der Waals surface area (Å²) in [6.07, 6.45) is 3.67. The lowest BCUT2D eigenvalue weighted by molar-refractivity contribution is 0.268. The summed E-state index contributed by atoms with van der Waals surface area (Å²) in [6, 6.07) is 19.4. The number of benzene rings is 2. The van der Waals surface area contributed by atoms with Gasteiger partial charge in [0.15, 0.2) is 0 Å². The Kier molecular flexibility index (Phi) is 4.89. The van der Waals surface area contributed by atoms with Crippen LogP contribution in [0.25, 0.3) is 0 Å². The lowest BCUT2D eigenvalue weighted by Crippen LogP contribution is -2.38. The molecular formula is C20H23NS. The summed E-state index contributed by atoms with van der Waals surface area (Å²) >= 11 is 5.68. The van der Waals surface area contributed by atoms with Crippen molar-refractivity contribution in [3.63, 3.8) is 0 Å². The van der Waals surface area contributed by atoms with Crippen LogP contribution >= 0.6 is 12.2 Å². The average Bonchev–Trinajstić information content (AvgIpc) is 2.57. The number of rotatable bonds is 3. The number of nitrogens with zero attached hydrogens (tertiary/aromatic N) is 1. The molecule has 0 atom stereocenters. The fourth-order valence-electron chi connectivity index (χ4n) is 3.17. The van der Waals surface area contributed by atoms with E-state index >= 15 is 0 Å². The van der Waals surface area contributed by atoms with Gasteiger partial charge in [0, 0.05) is 18.7 Å². The molecule has 0 N–H and O–H groups in total. The van der Waals surface area contributed by atoms with Crippen molar-refractivity contribution < 1.29 is 0 Å². The van der Waals surface area contributed by atoms with Crippen LogP contribution in [0, 0.1) is 12.8 Å². The van der Waals surface area contributed by atoms with Gasteiger partial charge in [-0.2, -0.15) is 0 Å². The van der Waals surface area contributed by atoms with Gasteiger partial charge in [-0.1, -0.05) is 72.4 Å². The van der Waals surface area contributed by atoms with Crippen LogP contribution in [0.2, 0.25) is 0 Å². The predicted molar refractivity (Wildman–Crippen MR) is 97.3 cm³/mol. The summed E-state index contributed by atoms with van der Waals surface area (Å²) in [4.78, 5) is 3.39. The molecule has 22 heavy (non-hydrogen) atoms. The summed E-state index contributed by atoms with van der Waals surface area (Å²) < 4.78 is 0. The highest BCUT2D eigenvalue weighted by Crippen LogP contribution is 2.23. The van der Waals surface area contributed by atoms with Crippen molar-refractivity contribution in [2.75, 3.05) is 13.1 Å². The van der Waals surface area contributed by atoms with Gasteiger partial charge < -0.3 is 4.90 Å². The first-order valence-corrected chi connectivity index (χ1v) is 8.53. The molecule has 2 aromatic carbocycles. The van der Waals surface area contributed by atoms with Crippen LogP contribution < -0.4 is 0 Å². The first-order chi connectivity index (χ1) is 10.7. The van der Waals surface area contributed by atoms with E-state index in [-0.39, 0.29) is 0 Å². The highest BCUT2D eigenvalue weighted by atomic mass is 32.1. The van der Waals surface area contributed by atoms with Crippen LogP contribution in [-0.2, 0) is 6.42 Å². The first-order valence-electron chi connectivity index (χ1n) is 8.12. The van der Waals surface area contributed by atoms with E-state index in [2.05, 4.69) is 66.4 Å². The quantitative estimate of drug-likeness (QED) is 0.761. The number of hydrogen-bond acceptors (Lipinski definition) is 1. The Morgan fingerprint density at radius 3 is 2.27 bits per heavy atom. The van der Waals surface area contributed by atoms with Crippen molar-refractivity contribution in [2.24, 2.45) is 5.92 Å². The molecule has 1 aliphatic rings. The molecular weight excluding hydrogens is 286 g/mol. The third-order valence-electron chi connectivity index (χ3n) is 4.57. The zero-order valence-corrected chi connectivity index (χ0v) is 14.0. The Bertz CT molecular complexity index is 610. The predicted octanol–water partition coefficient (Wildman–Crippen LogP) is 4.63. The van der Waals surface area contributed by atoms with E-state index in [1.165, 1.54) is 36.0 Å². The van der Waals surface area contributed by atoms with Gasteiger partial charge in [-0.05, 0) is 37.7 Å². The second-order valence-corrected chi connectivity index (χ2v) is 6.68. The number of piperidine rings is 1. The van der Waals surface area contributed by atoms with E-state index in [0.29, 0.717) is 0 Å². The zero-order valence-electron chi connectivity index (χ0n) is 13.2. The van der Waals surface area contributed by atoms with Crippen LogP contribution in [0.3, 0.4) is 0 Å². The van der Waals surface area contributed by atoms with Crippen LogP contribution in [-0.4, -0.2) is 23.0 Å². The van der Waals surface area contributed by atoms with Gasteiger partial charge in [0.05, 0.1) is 0 Å². The van der Waals surface area contributed by atoms with Gasteiger partial charge in [-0.25, -0.2) is 0 Å². The van der Waals surface area contributed by atoms with Crippen molar-refractivity contribution in [1.29, 1.82) is 0 Å². The molecule has 0 radical (unpaired) electrons. The van der Waals surface area contributed by atoms with Crippen molar-refractivity contribution in [3.8, 4) is 0 Å². The second kappa shape index (κ2) is 7.06. The monoisotopic (exact) mass is 309 g/mol. The number of hydrogen-bond donors (Lipinski definition) is 0. The van der Waals surface area contributed by atoms with Crippen LogP contribution in [0.5, 0.6) is 0 Å². The van der Waals surface area contributed by atoms with Gasteiger partial charge in [-0.3, -0.25) is 0 Å². The molecule has 2 heteroatoms. The molecule has 1 aliphatic heterocycles. The molecule has 0 saturated carbocycles. The molecule has 0 bridgehead atoms. The molecule has 1 fully saturated rings. The van der Waals surface area contributed by atoms with Gasteiger partial charge in [-0.15, -0.1) is 0 Å². The highest BCUT2D eigenvalue weighted by molar-refractivity contribution is 7.80. The van der Waals surface area contributed by atoms with E-state index in [1.807, 2.05) is 0 Å². The smallest absolute Gasteiger partial charge is 0.109 e. The maximum Gasteiger partial charge on any atom is 0.109 e. The van der Waals surface area contributed by atoms with Crippen molar-refractivity contribution in [1.82, 2.24) is 4.90 Å². The molecule has 0 amide bonds. The molecule has 1 nitrogen and oxygen atoms in total. The van der Waals surface area contributed by atoms with E-state index in [4.69, 9.17) is 12.2 Å². The molecule has 0 spiro atoms. The Morgan fingerprint density at radius 1 is 1.00 bits per heavy atom. The van der Waals surface area contributed by atoms with Crippen LogP contribution in [0.4, 0.5) is 0 Å².